The smallest absolute Gasteiger partial charge is 0.247 e. The molecule has 0 aliphatic heterocycles. The van der Waals surface area contributed by atoms with Gasteiger partial charge in [-0.25, -0.2) is 0 Å². The summed E-state index contributed by atoms with van der Waals surface area (Å²) in [6.45, 7) is 14.7. The summed E-state index contributed by atoms with van der Waals surface area (Å²) in [6, 6.07) is 0. The zero-order valence-corrected chi connectivity index (χ0v) is 24.7. The molecule has 0 aliphatic rings. The second-order valence-corrected chi connectivity index (χ2v) is 20.3. The Morgan fingerprint density at radius 2 is 0.821 bits per heavy atom. The number of thioether (sulfide) groups is 2. The lowest BCUT2D eigenvalue weighted by Gasteiger charge is -2.19. The fraction of sp³-hybridized carbons (Fsp3) is 1.00. The van der Waals surface area contributed by atoms with E-state index in [1.54, 1.807) is 22.8 Å². The second kappa shape index (κ2) is 22.7. The maximum Gasteiger partial charge on any atom is 0.247 e. The average molecular weight is 549 g/mol. The third kappa shape index (κ3) is 20.4. The fourth-order valence-electron chi connectivity index (χ4n) is 1.56. The lowest BCUT2D eigenvalue weighted by molar-refractivity contribution is 0.280. The molecule has 0 aromatic carbocycles. The van der Waals surface area contributed by atoms with Crippen LogP contribution in [0.25, 0.3) is 0 Å². The van der Waals surface area contributed by atoms with Crippen LogP contribution < -0.4 is 0 Å². The Kier molecular flexibility index (Phi) is 26.6. The first-order valence-corrected chi connectivity index (χ1v) is 20.4. The molecule has 0 atom stereocenters. The summed E-state index contributed by atoms with van der Waals surface area (Å²) in [6.07, 6.45) is 0. The van der Waals surface area contributed by atoms with Crippen LogP contribution in [-0.4, -0.2) is 60.9 Å². The summed E-state index contributed by atoms with van der Waals surface area (Å²) < 4.78 is 22.0. The van der Waals surface area contributed by atoms with Crippen LogP contribution in [0.5, 0.6) is 0 Å². The zero-order valence-electron chi connectivity index (χ0n) is 18.0. The van der Waals surface area contributed by atoms with Crippen molar-refractivity contribution in [2.24, 2.45) is 0 Å². The molecule has 0 spiro atoms. The van der Waals surface area contributed by atoms with Crippen molar-refractivity contribution in [2.45, 2.75) is 41.5 Å². The van der Waals surface area contributed by atoms with E-state index in [1.807, 2.05) is 51.2 Å². The molecule has 0 rings (SSSR count). The molecule has 0 radical (unpaired) electrons. The Labute approximate surface area is 200 Å². The molecule has 0 aromatic heterocycles. The molecule has 0 saturated carbocycles. The summed E-state index contributed by atoms with van der Waals surface area (Å²) in [5.74, 6) is 6.62. The normalized spacial score (nSPS) is 11.9. The Balaban J connectivity index is 0. The molecule has 172 valence electrons. The third-order valence-electron chi connectivity index (χ3n) is 2.51. The highest BCUT2D eigenvalue weighted by Crippen LogP contribution is 2.61. The minimum Gasteiger partial charge on any atom is -0.322 e. The molecule has 4 nitrogen and oxygen atoms in total. The molecule has 0 amide bonds. The van der Waals surface area contributed by atoms with Gasteiger partial charge >= 0.3 is 0 Å². The first-order chi connectivity index (χ1) is 13.4. The highest BCUT2D eigenvalue weighted by Gasteiger charge is 2.18. The topological polar surface area (TPSA) is 36.9 Å². The van der Waals surface area contributed by atoms with Gasteiger partial charge in [0.25, 0.3) is 0 Å². The first kappa shape index (κ1) is 32.7. The highest BCUT2D eigenvalue weighted by atomic mass is 32.9. The molecule has 0 saturated heterocycles. The minimum absolute atomic E-state index is 0.644. The van der Waals surface area contributed by atoms with Crippen molar-refractivity contribution in [2.75, 3.05) is 60.9 Å². The van der Waals surface area contributed by atoms with E-state index in [1.165, 1.54) is 0 Å². The zero-order chi connectivity index (χ0) is 21.7. The van der Waals surface area contributed by atoms with Crippen molar-refractivity contribution in [1.29, 1.82) is 0 Å². The van der Waals surface area contributed by atoms with Gasteiger partial charge < -0.3 is 18.1 Å². The maximum atomic E-state index is 5.51. The van der Waals surface area contributed by atoms with Gasteiger partial charge in [0.1, 0.15) is 0 Å². The van der Waals surface area contributed by atoms with Gasteiger partial charge in [0.15, 0.2) is 0 Å². The van der Waals surface area contributed by atoms with Crippen LogP contribution in [0, 0.1) is 0 Å². The molecule has 0 aromatic rings. The van der Waals surface area contributed by atoms with E-state index < -0.39 is 11.4 Å². The molecular weight excluding hydrogens is 511 g/mol. The predicted molar refractivity (Wildman–Crippen MR) is 146 cm³/mol. The summed E-state index contributed by atoms with van der Waals surface area (Å²) in [4.78, 5) is 0. The van der Waals surface area contributed by atoms with Gasteiger partial charge in [-0.15, -0.1) is 0 Å². The average Bonchev–Trinajstić information content (AvgIpc) is 2.64. The standard InChI is InChI=1S/2C8H19O2PS3/c2*1-4-9-11(12,10-5-2)14-8-7-13-6-3/h2*4-8H2,1-3H3. The Hall–Kier alpha value is 2.54. The molecule has 0 bridgehead atoms. The summed E-state index contributed by atoms with van der Waals surface area (Å²) >= 11 is 17.9. The summed E-state index contributed by atoms with van der Waals surface area (Å²) in [5, 5.41) is 0. The van der Waals surface area contributed by atoms with Crippen molar-refractivity contribution < 1.29 is 18.1 Å². The maximum absolute atomic E-state index is 5.51. The molecule has 0 N–H and O–H groups in total. The Morgan fingerprint density at radius 1 is 0.536 bits per heavy atom. The second-order valence-electron chi connectivity index (χ2n) is 4.63. The van der Waals surface area contributed by atoms with Crippen LogP contribution in [0.1, 0.15) is 41.5 Å². The van der Waals surface area contributed by atoms with Crippen LogP contribution in [0.3, 0.4) is 0 Å². The van der Waals surface area contributed by atoms with Gasteiger partial charge in [0.2, 0.25) is 11.4 Å². The lowest BCUT2D eigenvalue weighted by atomic mass is 10.9. The van der Waals surface area contributed by atoms with Gasteiger partial charge in [0, 0.05) is 23.0 Å². The molecule has 12 heteroatoms. The number of rotatable bonds is 18. The lowest BCUT2D eigenvalue weighted by Crippen LogP contribution is -1.94. The third-order valence-corrected chi connectivity index (χ3v) is 16.0. The largest absolute Gasteiger partial charge is 0.322 e. The van der Waals surface area contributed by atoms with Crippen molar-refractivity contribution >= 4 is 81.3 Å². The summed E-state index contributed by atoms with van der Waals surface area (Å²) in [7, 11) is 0. The molecule has 0 aliphatic carbocycles. The Morgan fingerprint density at radius 3 is 1.04 bits per heavy atom. The van der Waals surface area contributed by atoms with Gasteiger partial charge in [0.05, 0.1) is 26.4 Å². The fourth-order valence-corrected chi connectivity index (χ4v) is 13.3. The van der Waals surface area contributed by atoms with Gasteiger partial charge in [-0.2, -0.15) is 23.5 Å². The molecule has 28 heavy (non-hydrogen) atoms. The van der Waals surface area contributed by atoms with Crippen molar-refractivity contribution in [1.82, 2.24) is 0 Å². The summed E-state index contributed by atoms with van der Waals surface area (Å²) in [5.41, 5.74) is -4.05. The van der Waals surface area contributed by atoms with Crippen molar-refractivity contribution in [3.05, 3.63) is 0 Å². The number of hydrogen-bond donors (Lipinski definition) is 0. The minimum atomic E-state index is -2.02. The van der Waals surface area contributed by atoms with E-state index in [-0.39, 0.29) is 0 Å². The predicted octanol–water partition coefficient (Wildman–Crippen LogP) is 7.54. The molecule has 0 heterocycles. The monoisotopic (exact) mass is 548 g/mol. The van der Waals surface area contributed by atoms with E-state index in [4.69, 9.17) is 41.7 Å². The van der Waals surface area contributed by atoms with Crippen LogP contribution in [0.2, 0.25) is 0 Å². The SMILES string of the molecule is CCOP(=S)(OCC)SCCSCC.CCOP(=S)(OCC)SCCSCC. The van der Waals surface area contributed by atoms with E-state index in [2.05, 4.69) is 13.8 Å². The van der Waals surface area contributed by atoms with E-state index >= 15 is 0 Å². The Bertz CT molecular complexity index is 374. The van der Waals surface area contributed by atoms with Crippen molar-refractivity contribution in [3.63, 3.8) is 0 Å². The van der Waals surface area contributed by atoms with Crippen LogP contribution in [0.15, 0.2) is 0 Å². The first-order valence-electron chi connectivity index (χ1n) is 9.59. The van der Waals surface area contributed by atoms with E-state index in [0.29, 0.717) is 26.4 Å². The van der Waals surface area contributed by atoms with E-state index in [9.17, 15) is 0 Å². The van der Waals surface area contributed by atoms with Crippen LogP contribution >= 0.6 is 57.7 Å². The van der Waals surface area contributed by atoms with Crippen LogP contribution in [-0.2, 0) is 41.7 Å². The molecule has 0 unspecified atom stereocenters. The van der Waals surface area contributed by atoms with E-state index in [0.717, 1.165) is 34.5 Å². The molecular formula is C16H38O4P2S6. The quantitative estimate of drug-likeness (QED) is 0.127. The van der Waals surface area contributed by atoms with Gasteiger partial charge in [-0.3, -0.25) is 0 Å². The van der Waals surface area contributed by atoms with Crippen LogP contribution in [0.4, 0.5) is 0 Å². The van der Waals surface area contributed by atoms with Crippen molar-refractivity contribution in [3.8, 4) is 0 Å². The number of hydrogen-bond acceptors (Lipinski definition) is 10. The van der Waals surface area contributed by atoms with Gasteiger partial charge in [-0.05, 0) is 62.8 Å². The highest BCUT2D eigenvalue weighted by molar-refractivity contribution is 8.68. The molecule has 0 fully saturated rings. The van der Waals surface area contributed by atoms with Gasteiger partial charge in [-0.1, -0.05) is 36.6 Å².